The number of fused-ring (bicyclic) bond motifs is 2. The summed E-state index contributed by atoms with van der Waals surface area (Å²) in [6, 6.07) is 8.62. The van der Waals surface area contributed by atoms with Gasteiger partial charge >= 0.3 is 10.3 Å². The Morgan fingerprint density at radius 3 is 2.97 bits per heavy atom. The highest BCUT2D eigenvalue weighted by Gasteiger charge is 2.37. The summed E-state index contributed by atoms with van der Waals surface area (Å²) in [5.74, 6) is 0.774. The second kappa shape index (κ2) is 8.08. The molecule has 31 heavy (non-hydrogen) atoms. The van der Waals surface area contributed by atoms with E-state index in [0.29, 0.717) is 6.42 Å². The normalized spacial score (nSPS) is 25.7. The van der Waals surface area contributed by atoms with Crippen LogP contribution in [0.15, 0.2) is 36.0 Å². The second-order valence-electron chi connectivity index (χ2n) is 7.77. The van der Waals surface area contributed by atoms with Crippen molar-refractivity contribution in [2.24, 2.45) is 5.14 Å². The van der Waals surface area contributed by atoms with E-state index in [2.05, 4.69) is 43.7 Å². The summed E-state index contributed by atoms with van der Waals surface area (Å²) in [4.78, 5) is 8.92. The fourth-order valence-corrected chi connectivity index (χ4v) is 5.65. The zero-order valence-electron chi connectivity index (χ0n) is 16.5. The van der Waals surface area contributed by atoms with Crippen LogP contribution >= 0.6 is 11.3 Å². The van der Waals surface area contributed by atoms with Crippen molar-refractivity contribution in [2.75, 3.05) is 11.9 Å². The first-order chi connectivity index (χ1) is 14.9. The number of benzene rings is 1. The number of rotatable bonds is 6. The van der Waals surface area contributed by atoms with E-state index in [0.717, 1.165) is 34.4 Å². The first-order valence-corrected chi connectivity index (χ1v) is 12.3. The lowest BCUT2D eigenvalue weighted by molar-refractivity contribution is -0.0148. The van der Waals surface area contributed by atoms with Crippen molar-refractivity contribution in [3.8, 4) is 0 Å². The van der Waals surface area contributed by atoms with Crippen LogP contribution in [-0.2, 0) is 25.6 Å². The van der Waals surface area contributed by atoms with E-state index in [1.54, 1.807) is 0 Å². The Kier molecular flexibility index (Phi) is 5.40. The Hall–Kier alpha value is -2.15. The van der Waals surface area contributed by atoms with Gasteiger partial charge in [-0.15, -0.1) is 11.3 Å². The number of ether oxygens (including phenoxy) is 1. The van der Waals surface area contributed by atoms with Gasteiger partial charge in [0.25, 0.3) is 0 Å². The molecule has 4 atom stereocenters. The molecule has 4 N–H and O–H groups in total. The molecule has 11 heteroatoms. The van der Waals surface area contributed by atoms with E-state index in [-0.39, 0.29) is 12.6 Å². The molecule has 2 aromatic heterocycles. The Morgan fingerprint density at radius 1 is 1.29 bits per heavy atom. The highest BCUT2D eigenvalue weighted by atomic mass is 32.2. The van der Waals surface area contributed by atoms with Crippen LogP contribution in [-0.4, -0.2) is 42.3 Å². The monoisotopic (exact) mass is 462 g/mol. The molecule has 1 aliphatic carbocycles. The van der Waals surface area contributed by atoms with Gasteiger partial charge in [-0.1, -0.05) is 24.3 Å². The number of nitrogens with two attached hydrogens (primary N) is 1. The van der Waals surface area contributed by atoms with Gasteiger partial charge in [-0.25, -0.2) is 15.1 Å². The van der Waals surface area contributed by atoms with Gasteiger partial charge in [0.2, 0.25) is 0 Å². The standard InChI is InChI=1S/C20H22N4O5S2/c21-31(26,27)28-8-17-15(25)7-16(29-17)13-9-30-19-18(13)22-10-23-20(19)24-14-6-5-11-3-1-2-4-12(11)14/h1-4,9-10,14-17,25H,5-8H2,(H2,21,26,27)(H,22,23,24)/t14-,15-,16+,17+/m0/s1. The van der Waals surface area contributed by atoms with E-state index in [1.165, 1.54) is 28.8 Å². The molecule has 3 heterocycles. The molecule has 1 fully saturated rings. The highest BCUT2D eigenvalue weighted by Crippen LogP contribution is 2.41. The van der Waals surface area contributed by atoms with Crippen LogP contribution in [0.5, 0.6) is 0 Å². The van der Waals surface area contributed by atoms with Gasteiger partial charge in [-0.2, -0.15) is 8.42 Å². The number of aliphatic hydroxyl groups excluding tert-OH is 1. The molecule has 164 valence electrons. The molecule has 0 unspecified atom stereocenters. The third-order valence-electron chi connectivity index (χ3n) is 5.79. The number of aromatic nitrogens is 2. The van der Waals surface area contributed by atoms with Crippen molar-refractivity contribution in [1.29, 1.82) is 0 Å². The Bertz CT molecular complexity index is 1220. The number of aryl methyl sites for hydroxylation is 1. The number of nitrogens with one attached hydrogen (secondary N) is 1. The van der Waals surface area contributed by atoms with E-state index in [9.17, 15) is 13.5 Å². The molecule has 9 nitrogen and oxygen atoms in total. The Balaban J connectivity index is 1.37. The van der Waals surface area contributed by atoms with Crippen molar-refractivity contribution in [1.82, 2.24) is 9.97 Å². The molecule has 1 aromatic carbocycles. The van der Waals surface area contributed by atoms with Gasteiger partial charge in [0.05, 0.1) is 35.1 Å². The van der Waals surface area contributed by atoms with Crippen LogP contribution in [0.2, 0.25) is 0 Å². The van der Waals surface area contributed by atoms with Crippen LogP contribution in [0.3, 0.4) is 0 Å². The maximum absolute atomic E-state index is 11.0. The molecule has 2 aliphatic rings. The predicted octanol–water partition coefficient (Wildman–Crippen LogP) is 2.20. The SMILES string of the molecule is NS(=O)(=O)OC[C@H]1O[C@@H](c2csc3c(N[C@H]4CCc5ccccc54)ncnc23)C[C@@H]1O. The van der Waals surface area contributed by atoms with Crippen molar-refractivity contribution < 1.29 is 22.4 Å². The molecular formula is C20H22N4O5S2. The smallest absolute Gasteiger partial charge is 0.333 e. The van der Waals surface area contributed by atoms with Gasteiger partial charge in [0.15, 0.2) is 0 Å². The lowest BCUT2D eigenvalue weighted by atomic mass is 10.1. The second-order valence-corrected chi connectivity index (χ2v) is 9.87. The zero-order valence-corrected chi connectivity index (χ0v) is 18.1. The molecule has 1 aliphatic heterocycles. The van der Waals surface area contributed by atoms with Gasteiger partial charge in [-0.3, -0.25) is 4.18 Å². The fourth-order valence-electron chi connectivity index (χ4n) is 4.31. The topological polar surface area (TPSA) is 137 Å². The van der Waals surface area contributed by atoms with Gasteiger partial charge in [0, 0.05) is 12.0 Å². The van der Waals surface area contributed by atoms with Crippen LogP contribution in [0.25, 0.3) is 10.2 Å². The molecule has 5 rings (SSSR count). The quantitative estimate of drug-likeness (QED) is 0.507. The minimum Gasteiger partial charge on any atom is -0.390 e. The third-order valence-corrected chi connectivity index (χ3v) is 7.25. The summed E-state index contributed by atoms with van der Waals surface area (Å²) in [7, 11) is -4.10. The minimum absolute atomic E-state index is 0.198. The number of hydrogen-bond donors (Lipinski definition) is 3. The molecule has 0 bridgehead atoms. The van der Waals surface area contributed by atoms with Crippen molar-refractivity contribution in [3.05, 3.63) is 52.7 Å². The zero-order chi connectivity index (χ0) is 21.6. The summed E-state index contributed by atoms with van der Waals surface area (Å²) in [6.45, 7) is -0.332. The van der Waals surface area contributed by atoms with E-state index in [1.807, 2.05) is 5.38 Å². The van der Waals surface area contributed by atoms with E-state index < -0.39 is 28.6 Å². The van der Waals surface area contributed by atoms with Crippen LogP contribution in [0, 0.1) is 0 Å². The lowest BCUT2D eigenvalue weighted by Gasteiger charge is -2.15. The van der Waals surface area contributed by atoms with Crippen molar-refractivity contribution >= 4 is 37.7 Å². The minimum atomic E-state index is -4.10. The Morgan fingerprint density at radius 2 is 2.13 bits per heavy atom. The van der Waals surface area contributed by atoms with Crippen LogP contribution < -0.4 is 10.5 Å². The highest BCUT2D eigenvalue weighted by molar-refractivity contribution is 7.84. The summed E-state index contributed by atoms with van der Waals surface area (Å²) in [5, 5.41) is 20.7. The summed E-state index contributed by atoms with van der Waals surface area (Å²) in [6.07, 6.45) is 1.80. The summed E-state index contributed by atoms with van der Waals surface area (Å²) < 4.78 is 33.4. The average Bonchev–Trinajstić information content (AvgIpc) is 3.43. The largest absolute Gasteiger partial charge is 0.390 e. The summed E-state index contributed by atoms with van der Waals surface area (Å²) in [5.41, 5.74) is 4.26. The number of hydrogen-bond acceptors (Lipinski definition) is 9. The Labute approximate surface area is 183 Å². The third kappa shape index (κ3) is 4.16. The van der Waals surface area contributed by atoms with Crippen LogP contribution in [0.1, 0.15) is 41.7 Å². The van der Waals surface area contributed by atoms with Gasteiger partial charge in [-0.05, 0) is 29.3 Å². The molecule has 0 spiro atoms. The first-order valence-electron chi connectivity index (χ1n) is 9.96. The molecule has 0 radical (unpaired) electrons. The molecule has 0 saturated carbocycles. The van der Waals surface area contributed by atoms with Gasteiger partial charge < -0.3 is 15.2 Å². The maximum atomic E-state index is 11.0. The summed E-state index contributed by atoms with van der Waals surface area (Å²) >= 11 is 1.52. The molecular weight excluding hydrogens is 440 g/mol. The van der Waals surface area contributed by atoms with E-state index in [4.69, 9.17) is 9.88 Å². The molecule has 3 aromatic rings. The predicted molar refractivity (Wildman–Crippen MR) is 116 cm³/mol. The van der Waals surface area contributed by atoms with E-state index >= 15 is 0 Å². The first kappa shape index (κ1) is 20.7. The molecule has 0 amide bonds. The van der Waals surface area contributed by atoms with Crippen molar-refractivity contribution in [3.63, 3.8) is 0 Å². The maximum Gasteiger partial charge on any atom is 0.333 e. The van der Waals surface area contributed by atoms with Crippen LogP contribution in [0.4, 0.5) is 5.82 Å². The fraction of sp³-hybridized carbons (Fsp3) is 0.400. The van der Waals surface area contributed by atoms with Crippen molar-refractivity contribution in [2.45, 2.75) is 43.6 Å². The average molecular weight is 463 g/mol. The number of anilines is 1. The number of aliphatic hydroxyl groups is 1. The number of nitrogens with zero attached hydrogens (tertiary/aromatic N) is 2. The van der Waals surface area contributed by atoms with Gasteiger partial charge in [0.1, 0.15) is 18.2 Å². The molecule has 1 saturated heterocycles. The number of thiophene rings is 1. The lowest BCUT2D eigenvalue weighted by Crippen LogP contribution is -2.29.